The van der Waals surface area contributed by atoms with Gasteiger partial charge in [0.2, 0.25) is 5.91 Å². The molecular formula is C21H16ClNO3S2. The number of carbonyl (C=O) groups is 2. The smallest absolute Gasteiger partial charge is 0.242 e. The molecule has 1 amide bonds. The number of carbonyl (C=O) groups excluding carboxylic acids is 2. The number of para-hydroxylation sites is 1. The van der Waals surface area contributed by atoms with Crippen molar-refractivity contribution in [3.63, 3.8) is 0 Å². The Hall–Kier alpha value is -2.28. The molecule has 1 aliphatic rings. The lowest BCUT2D eigenvalue weighted by atomic mass is 9.76. The maximum Gasteiger partial charge on any atom is 0.242 e. The second-order valence-electron chi connectivity index (χ2n) is 6.50. The lowest BCUT2D eigenvalue weighted by molar-refractivity contribution is -0.132. The van der Waals surface area contributed by atoms with Crippen molar-refractivity contribution in [2.24, 2.45) is 0 Å². The normalized spacial score (nSPS) is 22.1. The van der Waals surface area contributed by atoms with Gasteiger partial charge in [-0.2, -0.15) is 11.3 Å². The van der Waals surface area contributed by atoms with E-state index >= 15 is 0 Å². The Morgan fingerprint density at radius 3 is 2.54 bits per heavy atom. The van der Waals surface area contributed by atoms with E-state index in [2.05, 4.69) is 5.32 Å². The molecule has 1 fully saturated rings. The van der Waals surface area contributed by atoms with E-state index in [0.717, 1.165) is 17.3 Å². The number of hydrogen-bond donors (Lipinski definition) is 2. The number of amides is 1. The van der Waals surface area contributed by atoms with Crippen molar-refractivity contribution in [1.29, 1.82) is 0 Å². The van der Waals surface area contributed by atoms with Crippen molar-refractivity contribution in [3.05, 3.63) is 81.5 Å². The number of nitrogens with one attached hydrogen (secondary N) is 1. The molecule has 2 atom stereocenters. The maximum absolute atomic E-state index is 13.1. The summed E-state index contributed by atoms with van der Waals surface area (Å²) >= 11 is 8.82. The fourth-order valence-electron chi connectivity index (χ4n) is 3.44. The lowest BCUT2D eigenvalue weighted by Gasteiger charge is -2.40. The first kappa shape index (κ1) is 19.1. The molecule has 0 aliphatic carbocycles. The Morgan fingerprint density at radius 2 is 1.86 bits per heavy atom. The van der Waals surface area contributed by atoms with Gasteiger partial charge in [-0.15, -0.1) is 11.8 Å². The molecule has 0 saturated carbocycles. The number of rotatable bonds is 4. The molecule has 4 rings (SSSR count). The van der Waals surface area contributed by atoms with Crippen LogP contribution in [-0.2, 0) is 15.1 Å². The summed E-state index contributed by atoms with van der Waals surface area (Å²) in [5.41, 5.74) is 0.204. The monoisotopic (exact) mass is 429 g/mol. The summed E-state index contributed by atoms with van der Waals surface area (Å²) in [5, 5.41) is 16.9. The minimum Gasteiger partial charge on any atom is -0.508 e. The minimum absolute atomic E-state index is 0.0407. The van der Waals surface area contributed by atoms with Gasteiger partial charge in [0.15, 0.2) is 5.78 Å². The first-order valence-corrected chi connectivity index (χ1v) is 10.8. The largest absolute Gasteiger partial charge is 0.508 e. The van der Waals surface area contributed by atoms with Crippen LogP contribution in [0.25, 0.3) is 0 Å². The van der Waals surface area contributed by atoms with Gasteiger partial charge in [0, 0.05) is 16.9 Å². The fourth-order valence-corrected chi connectivity index (χ4v) is 5.41. The van der Waals surface area contributed by atoms with Crippen LogP contribution in [0.2, 0.25) is 5.02 Å². The third-order valence-electron chi connectivity index (χ3n) is 4.77. The summed E-state index contributed by atoms with van der Waals surface area (Å²) in [7, 11) is 0. The first-order valence-electron chi connectivity index (χ1n) is 8.58. The van der Waals surface area contributed by atoms with Gasteiger partial charge in [0.05, 0.1) is 5.02 Å². The molecule has 2 aromatic carbocycles. The molecule has 1 aromatic heterocycles. The molecule has 142 valence electrons. The number of Topliss-reactive ketones (excluding diaryl/α,β-unsaturated/α-hetero) is 1. The summed E-state index contributed by atoms with van der Waals surface area (Å²) in [4.78, 5) is 26.8. The van der Waals surface area contributed by atoms with Crippen LogP contribution in [0.5, 0.6) is 5.75 Å². The highest BCUT2D eigenvalue weighted by Gasteiger charge is 2.48. The van der Waals surface area contributed by atoms with E-state index in [-0.39, 0.29) is 18.0 Å². The van der Waals surface area contributed by atoms with Crippen LogP contribution in [-0.4, -0.2) is 22.0 Å². The van der Waals surface area contributed by atoms with Gasteiger partial charge in [-0.1, -0.05) is 41.9 Å². The zero-order valence-corrected chi connectivity index (χ0v) is 17.0. The maximum atomic E-state index is 13.1. The van der Waals surface area contributed by atoms with Crippen LogP contribution in [0.4, 0.5) is 0 Å². The number of ketones is 1. The number of piperidine rings is 1. The third-order valence-corrected chi connectivity index (χ3v) is 7.21. The molecular weight excluding hydrogens is 414 g/mol. The molecule has 2 unspecified atom stereocenters. The first-order chi connectivity index (χ1) is 13.5. The van der Waals surface area contributed by atoms with Crippen molar-refractivity contribution in [2.45, 2.75) is 22.1 Å². The van der Waals surface area contributed by atoms with Crippen molar-refractivity contribution < 1.29 is 14.7 Å². The Morgan fingerprint density at radius 1 is 1.11 bits per heavy atom. The number of aromatic hydroxyl groups is 1. The minimum atomic E-state index is -1.09. The van der Waals surface area contributed by atoms with Crippen molar-refractivity contribution in [1.82, 2.24) is 5.32 Å². The van der Waals surface area contributed by atoms with Gasteiger partial charge in [-0.25, -0.2) is 0 Å². The predicted octanol–water partition coefficient (Wildman–Crippen LogP) is 4.60. The highest BCUT2D eigenvalue weighted by molar-refractivity contribution is 8.01. The number of phenols is 1. The quantitative estimate of drug-likeness (QED) is 0.595. The molecule has 3 aromatic rings. The second-order valence-corrected chi connectivity index (χ2v) is 8.83. The van der Waals surface area contributed by atoms with Crippen LogP contribution in [0, 0.1) is 0 Å². The zero-order chi connectivity index (χ0) is 19.7. The van der Waals surface area contributed by atoms with Crippen LogP contribution in [0.15, 0.2) is 70.3 Å². The summed E-state index contributed by atoms with van der Waals surface area (Å²) < 4.78 is 0. The third kappa shape index (κ3) is 3.32. The summed E-state index contributed by atoms with van der Waals surface area (Å²) in [5.74, 6) is -0.558. The van der Waals surface area contributed by atoms with E-state index in [1.807, 2.05) is 22.9 Å². The summed E-state index contributed by atoms with van der Waals surface area (Å²) in [6.07, 6.45) is 0.0508. The summed E-state index contributed by atoms with van der Waals surface area (Å²) in [6, 6.07) is 15.8. The number of phenolic OH excluding ortho intramolecular Hbond substituents is 1. The van der Waals surface area contributed by atoms with E-state index in [9.17, 15) is 14.7 Å². The van der Waals surface area contributed by atoms with Crippen LogP contribution >= 0.6 is 34.7 Å². The van der Waals surface area contributed by atoms with Gasteiger partial charge >= 0.3 is 0 Å². The van der Waals surface area contributed by atoms with E-state index in [1.165, 1.54) is 11.3 Å². The zero-order valence-electron chi connectivity index (χ0n) is 14.6. The average Bonchev–Trinajstić information content (AvgIpc) is 3.21. The second kappa shape index (κ2) is 7.62. The molecule has 0 bridgehead atoms. The highest BCUT2D eigenvalue weighted by atomic mass is 35.5. The Balaban J connectivity index is 1.73. The molecule has 2 N–H and O–H groups in total. The molecule has 2 heterocycles. The Kier molecular flexibility index (Phi) is 5.19. The van der Waals surface area contributed by atoms with Crippen molar-refractivity contribution in [3.8, 4) is 5.75 Å². The van der Waals surface area contributed by atoms with Gasteiger partial charge in [0.25, 0.3) is 0 Å². The van der Waals surface area contributed by atoms with E-state index in [4.69, 9.17) is 11.6 Å². The van der Waals surface area contributed by atoms with Crippen LogP contribution in [0.1, 0.15) is 17.5 Å². The SMILES string of the molecule is O=C1CC(c2ccsc2)(c2ccccc2O)NC(=O)C1Sc1ccccc1Cl. The standard InChI is InChI=1S/C21H16ClNO3S2/c22-15-6-2-4-8-18(15)28-19-17(25)11-21(23-20(19)26,13-9-10-27-12-13)14-5-1-3-7-16(14)24/h1-10,12,19,24H,11H2,(H,23,26). The molecule has 0 radical (unpaired) electrons. The van der Waals surface area contributed by atoms with E-state index in [1.54, 1.807) is 42.5 Å². The fraction of sp³-hybridized carbons (Fsp3) is 0.143. The number of benzene rings is 2. The number of hydrogen-bond acceptors (Lipinski definition) is 5. The van der Waals surface area contributed by atoms with Gasteiger partial charge < -0.3 is 10.4 Å². The Bertz CT molecular complexity index is 1020. The molecule has 4 nitrogen and oxygen atoms in total. The van der Waals surface area contributed by atoms with Crippen molar-refractivity contribution in [2.75, 3.05) is 0 Å². The van der Waals surface area contributed by atoms with E-state index in [0.29, 0.717) is 15.5 Å². The number of halogens is 1. The van der Waals surface area contributed by atoms with Gasteiger partial charge in [-0.3, -0.25) is 9.59 Å². The molecule has 0 spiro atoms. The highest BCUT2D eigenvalue weighted by Crippen LogP contribution is 2.43. The topological polar surface area (TPSA) is 66.4 Å². The molecule has 1 saturated heterocycles. The summed E-state index contributed by atoms with van der Waals surface area (Å²) in [6.45, 7) is 0. The molecule has 1 aliphatic heterocycles. The lowest BCUT2D eigenvalue weighted by Crippen LogP contribution is -2.57. The molecule has 28 heavy (non-hydrogen) atoms. The van der Waals surface area contributed by atoms with Gasteiger partial charge in [0.1, 0.15) is 16.5 Å². The number of thiophene rings is 1. The predicted molar refractivity (Wildman–Crippen MR) is 112 cm³/mol. The van der Waals surface area contributed by atoms with Gasteiger partial charge in [-0.05, 0) is 40.6 Å². The van der Waals surface area contributed by atoms with Crippen LogP contribution < -0.4 is 5.32 Å². The average molecular weight is 430 g/mol. The molecule has 7 heteroatoms. The van der Waals surface area contributed by atoms with Crippen LogP contribution in [0.3, 0.4) is 0 Å². The number of thioether (sulfide) groups is 1. The van der Waals surface area contributed by atoms with Crippen molar-refractivity contribution >= 4 is 46.4 Å². The van der Waals surface area contributed by atoms with E-state index < -0.39 is 16.7 Å². The Labute approximate surface area is 175 Å².